The molecule has 1 aromatic heterocycles. The molecular formula is C12H13N3O. The van der Waals surface area contributed by atoms with Gasteiger partial charge in [0.05, 0.1) is 18.4 Å². The minimum absolute atomic E-state index is 0.587. The summed E-state index contributed by atoms with van der Waals surface area (Å²) in [5, 5.41) is 0. The second kappa shape index (κ2) is 4.18. The minimum atomic E-state index is 0.587. The Hall–Kier alpha value is -2.10. The first-order valence-electron chi connectivity index (χ1n) is 4.94. The van der Waals surface area contributed by atoms with E-state index in [2.05, 4.69) is 9.97 Å². The van der Waals surface area contributed by atoms with Gasteiger partial charge in [0.2, 0.25) is 0 Å². The fraction of sp³-hybridized carbons (Fsp3) is 0.167. The number of rotatable bonds is 2. The molecule has 0 fully saturated rings. The molecule has 0 bridgehead atoms. The molecule has 0 unspecified atom stereocenters. The van der Waals surface area contributed by atoms with Crippen LogP contribution in [-0.2, 0) is 0 Å². The van der Waals surface area contributed by atoms with Crippen LogP contribution in [0.15, 0.2) is 30.6 Å². The zero-order chi connectivity index (χ0) is 11.5. The lowest BCUT2D eigenvalue weighted by Crippen LogP contribution is -1.97. The lowest BCUT2D eigenvalue weighted by molar-refractivity contribution is 0.418. The van der Waals surface area contributed by atoms with Crippen LogP contribution in [0.5, 0.6) is 5.75 Å². The number of nitrogens with zero attached hydrogens (tertiary/aromatic N) is 2. The maximum atomic E-state index is 5.82. The van der Waals surface area contributed by atoms with E-state index in [4.69, 9.17) is 10.5 Å². The first-order chi connectivity index (χ1) is 7.72. The van der Waals surface area contributed by atoms with E-state index in [0.717, 1.165) is 11.1 Å². The van der Waals surface area contributed by atoms with Crippen molar-refractivity contribution in [2.75, 3.05) is 12.8 Å². The number of methoxy groups -OCH3 is 1. The van der Waals surface area contributed by atoms with Crippen molar-refractivity contribution in [3.63, 3.8) is 0 Å². The Morgan fingerprint density at radius 3 is 2.50 bits per heavy atom. The number of para-hydroxylation sites is 1. The molecule has 0 aliphatic heterocycles. The van der Waals surface area contributed by atoms with E-state index < -0.39 is 0 Å². The van der Waals surface area contributed by atoms with Gasteiger partial charge in [-0.1, -0.05) is 6.07 Å². The Labute approximate surface area is 94.1 Å². The molecule has 0 aliphatic carbocycles. The lowest BCUT2D eigenvalue weighted by Gasteiger charge is -2.09. The van der Waals surface area contributed by atoms with Crippen molar-refractivity contribution in [1.29, 1.82) is 0 Å². The lowest BCUT2D eigenvalue weighted by atomic mass is 10.1. The average Bonchev–Trinajstić information content (AvgIpc) is 2.30. The van der Waals surface area contributed by atoms with Crippen molar-refractivity contribution in [3.05, 3.63) is 36.2 Å². The van der Waals surface area contributed by atoms with Gasteiger partial charge in [0.15, 0.2) is 11.6 Å². The number of hydrogen-bond acceptors (Lipinski definition) is 4. The van der Waals surface area contributed by atoms with E-state index in [-0.39, 0.29) is 0 Å². The highest BCUT2D eigenvalue weighted by Gasteiger charge is 2.10. The van der Waals surface area contributed by atoms with Crippen LogP contribution in [-0.4, -0.2) is 17.1 Å². The van der Waals surface area contributed by atoms with Gasteiger partial charge >= 0.3 is 0 Å². The molecule has 82 valence electrons. The van der Waals surface area contributed by atoms with Gasteiger partial charge in [-0.3, -0.25) is 0 Å². The molecule has 0 spiro atoms. The third kappa shape index (κ3) is 1.82. The molecule has 2 N–H and O–H groups in total. The van der Waals surface area contributed by atoms with Crippen LogP contribution in [0.2, 0.25) is 0 Å². The second-order valence-corrected chi connectivity index (χ2v) is 3.51. The predicted octanol–water partition coefficient (Wildman–Crippen LogP) is 2.04. The van der Waals surface area contributed by atoms with Crippen LogP contribution in [0.3, 0.4) is 0 Å². The molecule has 4 heteroatoms. The number of nitrogen functional groups attached to an aromatic ring is 1. The summed E-state index contributed by atoms with van der Waals surface area (Å²) in [5.41, 5.74) is 8.23. The zero-order valence-corrected chi connectivity index (χ0v) is 9.27. The first kappa shape index (κ1) is 10.4. The molecule has 16 heavy (non-hydrogen) atoms. The van der Waals surface area contributed by atoms with Gasteiger partial charge in [-0.2, -0.15) is 0 Å². The molecule has 4 nitrogen and oxygen atoms in total. The number of nitrogens with two attached hydrogens (primary N) is 1. The van der Waals surface area contributed by atoms with E-state index >= 15 is 0 Å². The fourth-order valence-corrected chi connectivity index (χ4v) is 1.49. The maximum absolute atomic E-state index is 5.82. The summed E-state index contributed by atoms with van der Waals surface area (Å²) < 4.78 is 5.26. The summed E-state index contributed by atoms with van der Waals surface area (Å²) in [5.74, 6) is 1.24. The number of aryl methyl sites for hydroxylation is 1. The third-order valence-corrected chi connectivity index (χ3v) is 2.27. The SMILES string of the molecule is COc1c(N)cccc1-c1ncc(C)cn1. The Bertz CT molecular complexity index is 494. The Balaban J connectivity index is 2.55. The smallest absolute Gasteiger partial charge is 0.162 e. The van der Waals surface area contributed by atoms with E-state index in [1.807, 2.05) is 19.1 Å². The minimum Gasteiger partial charge on any atom is -0.494 e. The number of benzene rings is 1. The molecule has 0 aliphatic rings. The van der Waals surface area contributed by atoms with Gasteiger partial charge in [-0.15, -0.1) is 0 Å². The largest absolute Gasteiger partial charge is 0.494 e. The molecule has 0 atom stereocenters. The van der Waals surface area contributed by atoms with E-state index in [1.54, 1.807) is 25.6 Å². The Morgan fingerprint density at radius 2 is 1.88 bits per heavy atom. The van der Waals surface area contributed by atoms with Gasteiger partial charge in [-0.05, 0) is 24.6 Å². The maximum Gasteiger partial charge on any atom is 0.162 e. The molecule has 0 radical (unpaired) electrons. The highest BCUT2D eigenvalue weighted by molar-refractivity contribution is 5.73. The van der Waals surface area contributed by atoms with Gasteiger partial charge in [0, 0.05) is 12.4 Å². The van der Waals surface area contributed by atoms with Crippen LogP contribution >= 0.6 is 0 Å². The molecule has 0 amide bonds. The Morgan fingerprint density at radius 1 is 1.19 bits per heavy atom. The molecule has 1 heterocycles. The highest BCUT2D eigenvalue weighted by Crippen LogP contribution is 2.32. The highest BCUT2D eigenvalue weighted by atomic mass is 16.5. The van der Waals surface area contributed by atoms with E-state index in [1.165, 1.54) is 0 Å². The number of hydrogen-bond donors (Lipinski definition) is 1. The van der Waals surface area contributed by atoms with Crippen LogP contribution < -0.4 is 10.5 Å². The third-order valence-electron chi connectivity index (χ3n) is 2.27. The predicted molar refractivity (Wildman–Crippen MR) is 63.2 cm³/mol. The number of ether oxygens (including phenoxy) is 1. The van der Waals surface area contributed by atoms with E-state index in [9.17, 15) is 0 Å². The molecule has 2 aromatic rings. The topological polar surface area (TPSA) is 61.0 Å². The van der Waals surface area contributed by atoms with Crippen molar-refractivity contribution in [3.8, 4) is 17.1 Å². The van der Waals surface area contributed by atoms with Crippen LogP contribution in [0, 0.1) is 6.92 Å². The van der Waals surface area contributed by atoms with Crippen molar-refractivity contribution >= 4 is 5.69 Å². The summed E-state index contributed by atoms with van der Waals surface area (Å²) in [6, 6.07) is 5.53. The average molecular weight is 215 g/mol. The molecule has 1 aromatic carbocycles. The molecule has 0 saturated carbocycles. The van der Waals surface area contributed by atoms with Gasteiger partial charge < -0.3 is 10.5 Å². The summed E-state index contributed by atoms with van der Waals surface area (Å²) in [4.78, 5) is 8.50. The normalized spacial score (nSPS) is 10.1. The zero-order valence-electron chi connectivity index (χ0n) is 9.27. The van der Waals surface area contributed by atoms with Crippen molar-refractivity contribution < 1.29 is 4.74 Å². The van der Waals surface area contributed by atoms with Crippen LogP contribution in [0.25, 0.3) is 11.4 Å². The fourth-order valence-electron chi connectivity index (χ4n) is 1.49. The summed E-state index contributed by atoms with van der Waals surface area (Å²) in [6.07, 6.45) is 3.54. The standard InChI is InChI=1S/C12H13N3O/c1-8-6-14-12(15-7-8)9-4-3-5-10(13)11(9)16-2/h3-7H,13H2,1-2H3. The number of aromatic nitrogens is 2. The van der Waals surface area contributed by atoms with Crippen molar-refractivity contribution in [2.24, 2.45) is 0 Å². The summed E-state index contributed by atoms with van der Waals surface area (Å²) in [7, 11) is 1.59. The van der Waals surface area contributed by atoms with E-state index in [0.29, 0.717) is 17.3 Å². The van der Waals surface area contributed by atoms with Gasteiger partial charge in [0.1, 0.15) is 0 Å². The summed E-state index contributed by atoms with van der Waals surface area (Å²) in [6.45, 7) is 1.94. The first-order valence-corrected chi connectivity index (χ1v) is 4.94. The Kier molecular flexibility index (Phi) is 2.72. The molecular weight excluding hydrogens is 202 g/mol. The van der Waals surface area contributed by atoms with Gasteiger partial charge in [0.25, 0.3) is 0 Å². The monoisotopic (exact) mass is 215 g/mol. The van der Waals surface area contributed by atoms with Crippen molar-refractivity contribution in [2.45, 2.75) is 6.92 Å². The second-order valence-electron chi connectivity index (χ2n) is 3.51. The molecule has 2 rings (SSSR count). The molecule has 0 saturated heterocycles. The van der Waals surface area contributed by atoms with Crippen molar-refractivity contribution in [1.82, 2.24) is 9.97 Å². The summed E-state index contributed by atoms with van der Waals surface area (Å²) >= 11 is 0. The van der Waals surface area contributed by atoms with Crippen LogP contribution in [0.1, 0.15) is 5.56 Å². The quantitative estimate of drug-likeness (QED) is 0.779. The van der Waals surface area contributed by atoms with Gasteiger partial charge in [-0.25, -0.2) is 9.97 Å². The number of anilines is 1. The van der Waals surface area contributed by atoms with Crippen LogP contribution in [0.4, 0.5) is 5.69 Å².